The summed E-state index contributed by atoms with van der Waals surface area (Å²) in [6.45, 7) is 4.08. The van der Waals surface area contributed by atoms with Crippen molar-refractivity contribution in [2.75, 3.05) is 0 Å². The van der Waals surface area contributed by atoms with Gasteiger partial charge in [0.2, 0.25) is 0 Å². The monoisotopic (exact) mass is 267 g/mol. The Morgan fingerprint density at radius 1 is 1.30 bits per heavy atom. The van der Waals surface area contributed by atoms with Gasteiger partial charge in [-0.2, -0.15) is 0 Å². The lowest BCUT2D eigenvalue weighted by Gasteiger charge is -2.04. The molecule has 5 heteroatoms. The molecule has 0 bridgehead atoms. The van der Waals surface area contributed by atoms with Crippen molar-refractivity contribution in [2.45, 2.75) is 13.8 Å². The Balaban J connectivity index is 2.18. The highest BCUT2D eigenvalue weighted by Gasteiger charge is 2.11. The summed E-state index contributed by atoms with van der Waals surface area (Å²) in [4.78, 5) is 22.6. The Labute approximate surface area is 115 Å². The van der Waals surface area contributed by atoms with Gasteiger partial charge in [-0.15, -0.1) is 0 Å². The molecule has 0 fully saturated rings. The first-order valence-electron chi connectivity index (χ1n) is 6.22. The van der Waals surface area contributed by atoms with Crippen molar-refractivity contribution in [1.82, 2.24) is 15.0 Å². The second kappa shape index (κ2) is 4.45. The van der Waals surface area contributed by atoms with Crippen LogP contribution in [0.15, 0.2) is 30.5 Å². The Morgan fingerprint density at radius 3 is 2.85 bits per heavy atom. The van der Waals surface area contributed by atoms with E-state index in [1.807, 2.05) is 32.0 Å². The first-order chi connectivity index (χ1) is 9.56. The van der Waals surface area contributed by atoms with Gasteiger partial charge in [0.1, 0.15) is 5.82 Å². The van der Waals surface area contributed by atoms with E-state index in [-0.39, 0.29) is 5.56 Å². The topological polar surface area (TPSA) is 78.9 Å². The van der Waals surface area contributed by atoms with E-state index in [9.17, 15) is 4.79 Å². The molecule has 3 rings (SSSR count). The fourth-order valence-corrected chi connectivity index (χ4v) is 2.15. The van der Waals surface area contributed by atoms with Gasteiger partial charge in [-0.3, -0.25) is 0 Å². The molecule has 0 aliphatic heterocycles. The average molecular weight is 267 g/mol. The molecular formula is C15H13N3O2. The summed E-state index contributed by atoms with van der Waals surface area (Å²) < 4.78 is 0. The van der Waals surface area contributed by atoms with Crippen molar-refractivity contribution in [3.8, 4) is 11.4 Å². The number of pyridine rings is 1. The highest BCUT2D eigenvalue weighted by atomic mass is 16.4. The molecule has 20 heavy (non-hydrogen) atoms. The minimum Gasteiger partial charge on any atom is -0.478 e. The molecule has 0 unspecified atom stereocenters. The van der Waals surface area contributed by atoms with Crippen molar-refractivity contribution in [1.29, 1.82) is 0 Å². The number of aromatic nitrogens is 3. The third-order valence-electron chi connectivity index (χ3n) is 3.44. The van der Waals surface area contributed by atoms with Gasteiger partial charge < -0.3 is 10.1 Å². The molecule has 2 aromatic heterocycles. The molecule has 0 saturated carbocycles. The van der Waals surface area contributed by atoms with Gasteiger partial charge in [0.05, 0.1) is 11.1 Å². The van der Waals surface area contributed by atoms with Gasteiger partial charge in [-0.1, -0.05) is 18.2 Å². The molecular weight excluding hydrogens is 254 g/mol. The third kappa shape index (κ3) is 1.93. The van der Waals surface area contributed by atoms with Crippen LogP contribution < -0.4 is 0 Å². The number of nitrogens with zero attached hydrogens (tertiary/aromatic N) is 2. The summed E-state index contributed by atoms with van der Waals surface area (Å²) in [7, 11) is 0. The smallest absolute Gasteiger partial charge is 0.337 e. The van der Waals surface area contributed by atoms with Crippen molar-refractivity contribution in [2.24, 2.45) is 0 Å². The number of H-pyrrole nitrogens is 1. The van der Waals surface area contributed by atoms with Crippen LogP contribution in [0.4, 0.5) is 0 Å². The molecule has 3 aromatic rings. The van der Waals surface area contributed by atoms with Gasteiger partial charge in [0, 0.05) is 11.8 Å². The predicted octanol–water partition coefficient (Wildman–Crippen LogP) is 2.94. The lowest BCUT2D eigenvalue weighted by molar-refractivity contribution is 0.0696. The van der Waals surface area contributed by atoms with Crippen molar-refractivity contribution in [3.05, 3.63) is 47.2 Å². The Bertz CT molecular complexity index is 821. The predicted molar refractivity (Wildman–Crippen MR) is 75.8 cm³/mol. The lowest BCUT2D eigenvalue weighted by Crippen LogP contribution is -1.96. The van der Waals surface area contributed by atoms with Gasteiger partial charge in [-0.05, 0) is 31.0 Å². The van der Waals surface area contributed by atoms with Crippen LogP contribution >= 0.6 is 0 Å². The van der Waals surface area contributed by atoms with Crippen LogP contribution in [0.25, 0.3) is 22.6 Å². The van der Waals surface area contributed by atoms with Crippen LogP contribution in [0.2, 0.25) is 0 Å². The van der Waals surface area contributed by atoms with E-state index in [1.165, 1.54) is 11.8 Å². The molecule has 0 amide bonds. The number of aromatic amines is 1. The molecule has 0 saturated heterocycles. The summed E-state index contributed by atoms with van der Waals surface area (Å²) >= 11 is 0. The van der Waals surface area contributed by atoms with E-state index in [4.69, 9.17) is 5.11 Å². The van der Waals surface area contributed by atoms with Crippen LogP contribution in [-0.2, 0) is 0 Å². The van der Waals surface area contributed by atoms with E-state index in [2.05, 4.69) is 15.0 Å². The Hall–Kier alpha value is -2.69. The number of fused-ring (bicyclic) bond motifs is 1. The second-order valence-corrected chi connectivity index (χ2v) is 4.73. The summed E-state index contributed by atoms with van der Waals surface area (Å²) in [5, 5.41) is 8.97. The first kappa shape index (κ1) is 12.3. The fraction of sp³-hybridized carbons (Fsp3) is 0.133. The van der Waals surface area contributed by atoms with Crippen LogP contribution in [0, 0.1) is 13.8 Å². The van der Waals surface area contributed by atoms with Crippen LogP contribution in [0.5, 0.6) is 0 Å². The summed E-state index contributed by atoms with van der Waals surface area (Å²) in [5.74, 6) is -0.293. The number of carboxylic acid groups (broad SMARTS) is 1. The zero-order valence-corrected chi connectivity index (χ0v) is 11.1. The van der Waals surface area contributed by atoms with E-state index in [0.29, 0.717) is 17.0 Å². The number of aryl methyl sites for hydroxylation is 1. The highest BCUT2D eigenvalue weighted by molar-refractivity contribution is 5.91. The number of carboxylic acids is 1. The van der Waals surface area contributed by atoms with Crippen LogP contribution in [-0.4, -0.2) is 26.0 Å². The molecule has 1 aromatic carbocycles. The number of benzene rings is 1. The highest BCUT2D eigenvalue weighted by Crippen LogP contribution is 2.25. The molecule has 0 radical (unpaired) electrons. The molecule has 2 N–H and O–H groups in total. The minimum atomic E-state index is -0.998. The van der Waals surface area contributed by atoms with Gasteiger partial charge in [-0.25, -0.2) is 14.8 Å². The Morgan fingerprint density at radius 2 is 2.10 bits per heavy atom. The molecule has 100 valence electrons. The zero-order valence-electron chi connectivity index (χ0n) is 11.1. The SMILES string of the molecule is Cc1cccc(-c2nc3ncc(C(=O)O)cc3[nH]2)c1C. The molecule has 5 nitrogen and oxygen atoms in total. The summed E-state index contributed by atoms with van der Waals surface area (Å²) in [6.07, 6.45) is 1.32. The van der Waals surface area contributed by atoms with Crippen molar-refractivity contribution < 1.29 is 9.90 Å². The normalized spacial score (nSPS) is 10.9. The number of carbonyl (C=O) groups is 1. The summed E-state index contributed by atoms with van der Waals surface area (Å²) in [5.41, 5.74) is 4.62. The maximum Gasteiger partial charge on any atom is 0.337 e. The molecule has 0 spiro atoms. The van der Waals surface area contributed by atoms with Crippen LogP contribution in [0.1, 0.15) is 21.5 Å². The lowest BCUT2D eigenvalue weighted by atomic mass is 10.0. The largest absolute Gasteiger partial charge is 0.478 e. The first-order valence-corrected chi connectivity index (χ1v) is 6.22. The molecule has 2 heterocycles. The number of rotatable bonds is 2. The number of nitrogens with one attached hydrogen (secondary N) is 1. The van der Waals surface area contributed by atoms with Crippen LogP contribution in [0.3, 0.4) is 0 Å². The molecule has 0 aliphatic rings. The number of hydrogen-bond donors (Lipinski definition) is 2. The maximum absolute atomic E-state index is 10.9. The third-order valence-corrected chi connectivity index (χ3v) is 3.44. The average Bonchev–Trinajstić information content (AvgIpc) is 2.84. The van der Waals surface area contributed by atoms with E-state index in [1.54, 1.807) is 6.07 Å². The van der Waals surface area contributed by atoms with Gasteiger partial charge in [0.15, 0.2) is 5.65 Å². The van der Waals surface area contributed by atoms with Crippen molar-refractivity contribution >= 4 is 17.1 Å². The zero-order chi connectivity index (χ0) is 14.3. The standard InChI is InChI=1S/C15H13N3O2/c1-8-4-3-5-11(9(8)2)13-17-12-6-10(15(19)20)7-16-14(12)18-13/h3-7H,1-2H3,(H,19,20)(H,16,17,18). The molecule has 0 aliphatic carbocycles. The number of hydrogen-bond acceptors (Lipinski definition) is 3. The minimum absolute atomic E-state index is 0.147. The second-order valence-electron chi connectivity index (χ2n) is 4.73. The summed E-state index contributed by atoms with van der Waals surface area (Å²) in [6, 6.07) is 7.55. The van der Waals surface area contributed by atoms with Gasteiger partial charge >= 0.3 is 5.97 Å². The quantitative estimate of drug-likeness (QED) is 0.748. The Kier molecular flexibility index (Phi) is 2.75. The van der Waals surface area contributed by atoms with E-state index < -0.39 is 5.97 Å². The maximum atomic E-state index is 10.9. The van der Waals surface area contributed by atoms with Crippen molar-refractivity contribution in [3.63, 3.8) is 0 Å². The fourth-order valence-electron chi connectivity index (χ4n) is 2.15. The van der Waals surface area contributed by atoms with E-state index in [0.717, 1.165) is 11.1 Å². The molecule has 0 atom stereocenters. The van der Waals surface area contributed by atoms with E-state index >= 15 is 0 Å². The number of aromatic carboxylic acids is 1. The van der Waals surface area contributed by atoms with Gasteiger partial charge in [0.25, 0.3) is 0 Å². The number of imidazole rings is 1.